The van der Waals surface area contributed by atoms with Gasteiger partial charge in [0.1, 0.15) is 0 Å². The van der Waals surface area contributed by atoms with Crippen molar-refractivity contribution < 1.29 is 4.18 Å². The van der Waals surface area contributed by atoms with Crippen LogP contribution in [0, 0.1) is 33.5 Å². The molecule has 3 rings (SSSR count). The Morgan fingerprint density at radius 3 is 2.56 bits per heavy atom. The summed E-state index contributed by atoms with van der Waals surface area (Å²) in [6.45, 7) is 7.50. The summed E-state index contributed by atoms with van der Waals surface area (Å²) in [5, 5.41) is 9.53. The Morgan fingerprint density at radius 2 is 2.12 bits per heavy atom. The molecule has 2 nitrogen and oxygen atoms in total. The number of hydrogen-bond donors (Lipinski definition) is 1. The van der Waals surface area contributed by atoms with Crippen LogP contribution in [0.1, 0.15) is 33.6 Å². The molecule has 3 fully saturated rings. The van der Waals surface area contributed by atoms with Crippen molar-refractivity contribution in [2.75, 3.05) is 6.61 Å². The van der Waals surface area contributed by atoms with Crippen LogP contribution in [0.2, 0.25) is 0 Å². The monoisotopic (exact) mass is 369 g/mol. The SMILES string of the molecule is CC1(C)C2(C#N)CC[C@]1(C)[C@H]2CO[SH](#P)I. The van der Waals surface area contributed by atoms with Crippen molar-refractivity contribution in [2.45, 2.75) is 33.6 Å². The molecular weight excluding hydrogens is 352 g/mol. The summed E-state index contributed by atoms with van der Waals surface area (Å²) in [5.74, 6) is 0.395. The maximum absolute atomic E-state index is 9.53. The second-order valence-corrected chi connectivity index (χ2v) is 12.4. The van der Waals surface area contributed by atoms with Gasteiger partial charge in [0.05, 0.1) is 0 Å². The van der Waals surface area contributed by atoms with Crippen LogP contribution in [0.3, 0.4) is 0 Å². The fourth-order valence-corrected chi connectivity index (χ4v) is 4.97. The first-order valence-corrected chi connectivity index (χ1v) is 10.7. The summed E-state index contributed by atoms with van der Waals surface area (Å²) in [5.41, 5.74) is 0.253. The number of rotatable bonds is 2. The first-order valence-electron chi connectivity index (χ1n) is 5.51. The van der Waals surface area contributed by atoms with Crippen LogP contribution in [0.15, 0.2) is 0 Å². The molecule has 0 heterocycles. The third-order valence-corrected chi connectivity index (χ3v) is 7.04. The molecule has 0 amide bonds. The topological polar surface area (TPSA) is 33.0 Å². The van der Waals surface area contributed by atoms with Crippen LogP contribution in [-0.2, 0) is 4.18 Å². The minimum absolute atomic E-state index is 0.132. The van der Waals surface area contributed by atoms with E-state index < -0.39 is 7.32 Å². The normalized spacial score (nSPS) is 45.8. The molecule has 4 atom stereocenters. The van der Waals surface area contributed by atoms with Crippen molar-refractivity contribution in [2.24, 2.45) is 22.2 Å². The summed E-state index contributed by atoms with van der Waals surface area (Å²) >= 11 is 2.21. The van der Waals surface area contributed by atoms with Gasteiger partial charge in [-0.2, -0.15) is 0 Å². The van der Waals surface area contributed by atoms with Gasteiger partial charge in [0.25, 0.3) is 0 Å². The Labute approximate surface area is 114 Å². The van der Waals surface area contributed by atoms with Gasteiger partial charge in [0.2, 0.25) is 0 Å². The summed E-state index contributed by atoms with van der Waals surface area (Å²) in [4.78, 5) is 0. The average molecular weight is 369 g/mol. The van der Waals surface area contributed by atoms with Gasteiger partial charge in [-0.1, -0.05) is 0 Å². The first kappa shape index (κ1) is 13.4. The molecule has 0 spiro atoms. The van der Waals surface area contributed by atoms with Crippen LogP contribution < -0.4 is 0 Å². The number of nitrogens with zero attached hydrogens (tertiary/aromatic N) is 1. The van der Waals surface area contributed by atoms with E-state index in [1.807, 2.05) is 0 Å². The molecule has 0 aromatic rings. The van der Waals surface area contributed by atoms with E-state index in [9.17, 15) is 5.26 Å². The molecule has 0 aliphatic heterocycles. The van der Waals surface area contributed by atoms with E-state index in [1.165, 1.54) is 0 Å². The van der Waals surface area contributed by atoms with E-state index in [2.05, 4.69) is 55.9 Å². The quantitative estimate of drug-likeness (QED) is 0.440. The Kier molecular flexibility index (Phi) is 3.33. The summed E-state index contributed by atoms with van der Waals surface area (Å²) in [7, 11) is 3.65. The van der Waals surface area contributed by atoms with Crippen LogP contribution in [-0.4, -0.2) is 6.61 Å². The van der Waals surface area contributed by atoms with Crippen molar-refractivity contribution in [3.05, 3.63) is 0 Å². The van der Waals surface area contributed by atoms with E-state index in [-0.39, 0.29) is 16.2 Å². The molecule has 90 valence electrons. The molecule has 2 unspecified atom stereocenters. The summed E-state index contributed by atoms with van der Waals surface area (Å²) in [6.07, 6.45) is 2.19. The van der Waals surface area contributed by atoms with Gasteiger partial charge in [-0.05, 0) is 0 Å². The Morgan fingerprint density at radius 1 is 1.50 bits per heavy atom. The van der Waals surface area contributed by atoms with E-state index in [4.69, 9.17) is 4.18 Å². The fourth-order valence-electron chi connectivity index (χ4n) is 4.01. The van der Waals surface area contributed by atoms with Crippen molar-refractivity contribution in [1.82, 2.24) is 0 Å². The molecule has 0 radical (unpaired) electrons. The number of nitriles is 1. The predicted molar refractivity (Wildman–Crippen MR) is 78.5 cm³/mol. The average Bonchev–Trinajstić information content (AvgIpc) is 2.61. The molecule has 3 saturated carbocycles. The predicted octanol–water partition coefficient (Wildman–Crippen LogP) is 4.56. The van der Waals surface area contributed by atoms with Gasteiger partial charge in [-0.25, -0.2) is 0 Å². The van der Waals surface area contributed by atoms with Gasteiger partial charge >= 0.3 is 114 Å². The number of halogens is 1. The van der Waals surface area contributed by atoms with E-state index in [1.54, 1.807) is 0 Å². The van der Waals surface area contributed by atoms with Crippen molar-refractivity contribution in [3.8, 4) is 6.07 Å². The first-order chi connectivity index (χ1) is 7.32. The Balaban J connectivity index is 2.25. The third kappa shape index (κ3) is 1.38. The molecule has 0 saturated heterocycles. The zero-order valence-electron chi connectivity index (χ0n) is 9.83. The second kappa shape index (κ2) is 3.98. The standard InChI is InChI=1S/C11H17INOPS/c1-9(2)10(3)4-5-11(9,7-13)8(10)6-14-16(12)15/h8,16H,4-6H2,1-3H3/t8-,10-,11?/m1/s1. The van der Waals surface area contributed by atoms with Gasteiger partial charge in [-0.15, -0.1) is 0 Å². The molecule has 0 N–H and O–H groups in total. The summed E-state index contributed by atoms with van der Waals surface area (Å²) in [6, 6.07) is 2.60. The summed E-state index contributed by atoms with van der Waals surface area (Å²) < 4.78 is 5.68. The molecule has 3 aliphatic rings. The molecule has 0 aromatic carbocycles. The zero-order chi connectivity index (χ0) is 12.2. The maximum atomic E-state index is 9.53. The minimum atomic E-state index is -0.641. The zero-order valence-corrected chi connectivity index (χ0v) is 13.8. The third-order valence-electron chi connectivity index (χ3n) is 5.49. The molecule has 5 heteroatoms. The number of thiol groups is 1. The number of fused-ring (bicyclic) bond motifs is 1. The van der Waals surface area contributed by atoms with Gasteiger partial charge in [0.15, 0.2) is 0 Å². The second-order valence-electron chi connectivity index (χ2n) is 5.70. The van der Waals surface area contributed by atoms with Gasteiger partial charge in [0, 0.05) is 0 Å². The molecule has 3 aliphatic carbocycles. The van der Waals surface area contributed by atoms with E-state index >= 15 is 0 Å². The van der Waals surface area contributed by atoms with Gasteiger partial charge < -0.3 is 0 Å². The Bertz CT molecular complexity index is 437. The van der Waals surface area contributed by atoms with Crippen molar-refractivity contribution >= 4 is 36.3 Å². The van der Waals surface area contributed by atoms with Crippen LogP contribution in [0.5, 0.6) is 0 Å². The molecule has 2 bridgehead atoms. The molecular formula is C11H17INOPS. The fraction of sp³-hybridized carbons (Fsp3) is 0.909. The number of hydrogen-bond acceptors (Lipinski definition) is 2. The Hall–Kier alpha value is 0.960. The molecule has 16 heavy (non-hydrogen) atoms. The molecule has 0 aromatic heterocycles. The van der Waals surface area contributed by atoms with Crippen LogP contribution >= 0.6 is 36.3 Å². The van der Waals surface area contributed by atoms with Gasteiger partial charge in [-0.3, -0.25) is 0 Å². The van der Waals surface area contributed by atoms with Crippen LogP contribution in [0.4, 0.5) is 0 Å². The van der Waals surface area contributed by atoms with E-state index in [0.717, 1.165) is 12.8 Å². The van der Waals surface area contributed by atoms with Crippen molar-refractivity contribution in [3.63, 3.8) is 0 Å². The van der Waals surface area contributed by atoms with E-state index in [0.29, 0.717) is 12.5 Å². The van der Waals surface area contributed by atoms with Crippen molar-refractivity contribution in [1.29, 1.82) is 5.26 Å². The van der Waals surface area contributed by atoms with Crippen LogP contribution in [0.25, 0.3) is 0 Å².